The predicted molar refractivity (Wildman–Crippen MR) is 40.4 cm³/mol. The lowest BCUT2D eigenvalue weighted by Crippen LogP contribution is -2.18. The third-order valence-corrected chi connectivity index (χ3v) is 1.73. The molecule has 0 fully saturated rings. The maximum absolute atomic E-state index is 10.4. The number of carbonyl (C=O) groups is 2. The SMILES string of the molecule is CCC(C(=O)O)C(=O)I. The summed E-state index contributed by atoms with van der Waals surface area (Å²) in [6, 6.07) is 0. The highest BCUT2D eigenvalue weighted by Gasteiger charge is 2.20. The summed E-state index contributed by atoms with van der Waals surface area (Å²) in [5.74, 6) is -1.84. The molecule has 0 rings (SSSR count). The molecule has 3 nitrogen and oxygen atoms in total. The van der Waals surface area contributed by atoms with Gasteiger partial charge >= 0.3 is 5.97 Å². The zero-order valence-corrected chi connectivity index (χ0v) is 7.08. The van der Waals surface area contributed by atoms with Gasteiger partial charge in [-0.1, -0.05) is 6.92 Å². The van der Waals surface area contributed by atoms with Gasteiger partial charge in [-0.05, 0) is 6.42 Å². The van der Waals surface area contributed by atoms with E-state index in [0.29, 0.717) is 6.42 Å². The van der Waals surface area contributed by atoms with E-state index < -0.39 is 11.9 Å². The van der Waals surface area contributed by atoms with Crippen LogP contribution in [0.3, 0.4) is 0 Å². The Hall–Kier alpha value is -0.130. The summed E-state index contributed by atoms with van der Waals surface area (Å²) in [4.78, 5) is 20.6. The van der Waals surface area contributed by atoms with Crippen molar-refractivity contribution >= 4 is 32.4 Å². The minimum atomic E-state index is -1.03. The van der Waals surface area contributed by atoms with E-state index in [1.807, 2.05) is 0 Å². The van der Waals surface area contributed by atoms with Gasteiger partial charge in [0, 0.05) is 22.6 Å². The summed E-state index contributed by atoms with van der Waals surface area (Å²) in [5, 5.41) is 8.32. The number of carboxylic acid groups (broad SMARTS) is 1. The average Bonchev–Trinajstić information content (AvgIpc) is 1.64. The summed E-state index contributed by atoms with van der Waals surface area (Å²) < 4.78 is -0.303. The van der Waals surface area contributed by atoms with Crippen LogP contribution in [0.25, 0.3) is 0 Å². The number of hydrogen-bond acceptors (Lipinski definition) is 2. The summed E-state index contributed by atoms with van der Waals surface area (Å²) in [6.07, 6.45) is 0.372. The molecule has 1 atom stereocenters. The third-order valence-electron chi connectivity index (χ3n) is 0.980. The van der Waals surface area contributed by atoms with Crippen LogP contribution in [-0.4, -0.2) is 14.9 Å². The van der Waals surface area contributed by atoms with Gasteiger partial charge in [-0.3, -0.25) is 9.59 Å². The van der Waals surface area contributed by atoms with Crippen molar-refractivity contribution in [2.24, 2.45) is 5.92 Å². The molecule has 0 aromatic rings. The minimum Gasteiger partial charge on any atom is -0.481 e. The first kappa shape index (κ1) is 8.87. The van der Waals surface area contributed by atoms with Crippen molar-refractivity contribution in [3.63, 3.8) is 0 Å². The molecule has 0 heterocycles. The van der Waals surface area contributed by atoms with Crippen LogP contribution in [0.15, 0.2) is 0 Å². The molecule has 0 aliphatic rings. The van der Waals surface area contributed by atoms with Gasteiger partial charge in [0.25, 0.3) is 0 Å². The van der Waals surface area contributed by atoms with Crippen LogP contribution in [0, 0.1) is 5.92 Å². The summed E-state index contributed by atoms with van der Waals surface area (Å²) in [7, 11) is 0. The van der Waals surface area contributed by atoms with Crippen molar-refractivity contribution in [3.05, 3.63) is 0 Å². The van der Waals surface area contributed by atoms with Crippen molar-refractivity contribution < 1.29 is 14.7 Å². The van der Waals surface area contributed by atoms with E-state index >= 15 is 0 Å². The molecular formula is C5H7IO3. The lowest BCUT2D eigenvalue weighted by Gasteiger charge is -2.00. The fourth-order valence-electron chi connectivity index (χ4n) is 0.432. The highest BCUT2D eigenvalue weighted by molar-refractivity contribution is 14.1. The van der Waals surface area contributed by atoms with E-state index in [2.05, 4.69) is 0 Å². The average molecular weight is 242 g/mol. The van der Waals surface area contributed by atoms with Crippen molar-refractivity contribution in [1.29, 1.82) is 0 Å². The topological polar surface area (TPSA) is 54.4 Å². The van der Waals surface area contributed by atoms with E-state index in [0.717, 1.165) is 0 Å². The van der Waals surface area contributed by atoms with Crippen molar-refractivity contribution in [3.8, 4) is 0 Å². The minimum absolute atomic E-state index is 0.303. The van der Waals surface area contributed by atoms with Gasteiger partial charge in [0.15, 0.2) is 0 Å². The molecule has 9 heavy (non-hydrogen) atoms. The normalized spacial score (nSPS) is 12.7. The Bertz CT molecular complexity index is 118. The van der Waals surface area contributed by atoms with Crippen LogP contribution >= 0.6 is 22.6 Å². The molecule has 0 aromatic heterocycles. The maximum Gasteiger partial charge on any atom is 0.314 e. The van der Waals surface area contributed by atoms with E-state index in [-0.39, 0.29) is 3.79 Å². The summed E-state index contributed by atoms with van der Waals surface area (Å²) in [5.41, 5.74) is 0. The zero-order valence-electron chi connectivity index (χ0n) is 4.93. The molecular weight excluding hydrogens is 235 g/mol. The van der Waals surface area contributed by atoms with Crippen LogP contribution in [-0.2, 0) is 9.59 Å². The van der Waals surface area contributed by atoms with Crippen molar-refractivity contribution in [1.82, 2.24) is 0 Å². The van der Waals surface area contributed by atoms with Crippen LogP contribution in [0.4, 0.5) is 0 Å². The van der Waals surface area contributed by atoms with Crippen LogP contribution in [0.1, 0.15) is 13.3 Å². The summed E-state index contributed by atoms with van der Waals surface area (Å²) >= 11 is 1.50. The predicted octanol–water partition coefficient (Wildman–Crippen LogP) is 1.06. The summed E-state index contributed by atoms with van der Waals surface area (Å²) in [6.45, 7) is 1.68. The largest absolute Gasteiger partial charge is 0.481 e. The molecule has 0 aromatic carbocycles. The van der Waals surface area contributed by atoms with Gasteiger partial charge in [0.2, 0.25) is 3.79 Å². The van der Waals surface area contributed by atoms with Gasteiger partial charge in [-0.2, -0.15) is 0 Å². The van der Waals surface area contributed by atoms with E-state index in [1.165, 1.54) is 22.6 Å². The van der Waals surface area contributed by atoms with Crippen LogP contribution in [0.5, 0.6) is 0 Å². The van der Waals surface area contributed by atoms with Crippen LogP contribution in [0.2, 0.25) is 0 Å². The molecule has 1 N–H and O–H groups in total. The molecule has 0 bridgehead atoms. The number of carboxylic acids is 1. The second kappa shape index (κ2) is 3.81. The Morgan fingerprint density at radius 3 is 2.11 bits per heavy atom. The quantitative estimate of drug-likeness (QED) is 0.457. The molecule has 1 unspecified atom stereocenters. The van der Waals surface area contributed by atoms with Gasteiger partial charge in [0.05, 0.1) is 0 Å². The molecule has 0 saturated carbocycles. The van der Waals surface area contributed by atoms with Crippen molar-refractivity contribution in [2.75, 3.05) is 0 Å². The Morgan fingerprint density at radius 1 is 1.67 bits per heavy atom. The van der Waals surface area contributed by atoms with E-state index in [4.69, 9.17) is 5.11 Å². The first-order chi connectivity index (χ1) is 4.09. The first-order valence-electron chi connectivity index (χ1n) is 2.51. The van der Waals surface area contributed by atoms with Gasteiger partial charge in [-0.15, -0.1) is 0 Å². The lowest BCUT2D eigenvalue weighted by atomic mass is 10.1. The molecule has 0 aliphatic heterocycles. The highest BCUT2D eigenvalue weighted by atomic mass is 127. The highest BCUT2D eigenvalue weighted by Crippen LogP contribution is 2.08. The molecule has 0 amide bonds. The number of hydrogen-bond donors (Lipinski definition) is 1. The van der Waals surface area contributed by atoms with Gasteiger partial charge in [-0.25, -0.2) is 0 Å². The fraction of sp³-hybridized carbons (Fsp3) is 0.600. The molecule has 0 aliphatic carbocycles. The fourth-order valence-corrected chi connectivity index (χ4v) is 1.14. The van der Waals surface area contributed by atoms with Gasteiger partial charge in [0.1, 0.15) is 5.92 Å². The number of rotatable bonds is 3. The zero-order chi connectivity index (χ0) is 7.44. The third kappa shape index (κ3) is 2.78. The van der Waals surface area contributed by atoms with E-state index in [9.17, 15) is 9.59 Å². The Kier molecular flexibility index (Phi) is 3.76. The Labute approximate surface area is 66.6 Å². The molecule has 0 spiro atoms. The second-order valence-electron chi connectivity index (χ2n) is 1.60. The van der Waals surface area contributed by atoms with E-state index in [1.54, 1.807) is 6.92 Å². The molecule has 4 heteroatoms. The number of halogens is 1. The second-order valence-corrected chi connectivity index (χ2v) is 2.67. The standard InChI is InChI=1S/C5H7IO3/c1-2-3(4(6)7)5(8)9/h3H,2H2,1H3,(H,8,9). The van der Waals surface area contributed by atoms with Crippen LogP contribution < -0.4 is 0 Å². The van der Waals surface area contributed by atoms with Crippen molar-refractivity contribution in [2.45, 2.75) is 13.3 Å². The Balaban J connectivity index is 3.99. The number of aliphatic carboxylic acids is 1. The monoisotopic (exact) mass is 242 g/mol. The molecule has 0 radical (unpaired) electrons. The smallest absolute Gasteiger partial charge is 0.314 e. The molecule has 0 saturated heterocycles. The molecule has 52 valence electrons. The Morgan fingerprint density at radius 2 is 2.11 bits per heavy atom. The first-order valence-corrected chi connectivity index (χ1v) is 3.59. The maximum atomic E-state index is 10.4. The number of carbonyl (C=O) groups excluding carboxylic acids is 1. The van der Waals surface area contributed by atoms with Gasteiger partial charge < -0.3 is 5.11 Å². The lowest BCUT2D eigenvalue weighted by molar-refractivity contribution is -0.143.